The van der Waals surface area contributed by atoms with Crippen LogP contribution in [-0.2, 0) is 0 Å². The largest absolute Gasteiger partial charge is 0.391 e. The van der Waals surface area contributed by atoms with Crippen molar-refractivity contribution in [2.45, 2.75) is 64.6 Å². The summed E-state index contributed by atoms with van der Waals surface area (Å²) in [7, 11) is 2.19. The molecular weight excluding hydrogens is 186 g/mol. The van der Waals surface area contributed by atoms with E-state index in [4.69, 9.17) is 0 Å². The molecule has 0 heterocycles. The Morgan fingerprint density at radius 2 is 1.87 bits per heavy atom. The Balaban J connectivity index is 1.98. The molecule has 3 unspecified atom stereocenters. The van der Waals surface area contributed by atoms with E-state index in [1.165, 1.54) is 12.8 Å². The summed E-state index contributed by atoms with van der Waals surface area (Å²) >= 11 is 0. The Bertz CT molecular complexity index is 235. The highest BCUT2D eigenvalue weighted by Gasteiger charge is 2.45. The minimum absolute atomic E-state index is 0.113. The summed E-state index contributed by atoms with van der Waals surface area (Å²) in [5.74, 6) is 0.894. The molecule has 0 bridgehead atoms. The van der Waals surface area contributed by atoms with Crippen molar-refractivity contribution in [2.24, 2.45) is 11.3 Å². The molecule has 2 nitrogen and oxygen atoms in total. The van der Waals surface area contributed by atoms with Gasteiger partial charge in [0.05, 0.1) is 6.10 Å². The van der Waals surface area contributed by atoms with Gasteiger partial charge in [-0.3, -0.25) is 4.90 Å². The Morgan fingerprint density at radius 1 is 1.27 bits per heavy atom. The molecule has 2 aliphatic carbocycles. The monoisotopic (exact) mass is 211 g/mol. The van der Waals surface area contributed by atoms with Crippen LogP contribution in [0.3, 0.4) is 0 Å². The van der Waals surface area contributed by atoms with Crippen LogP contribution < -0.4 is 0 Å². The van der Waals surface area contributed by atoms with Crippen LogP contribution in [0.2, 0.25) is 0 Å². The van der Waals surface area contributed by atoms with Crippen molar-refractivity contribution >= 4 is 0 Å². The van der Waals surface area contributed by atoms with E-state index < -0.39 is 0 Å². The lowest BCUT2D eigenvalue weighted by atomic mass is 9.88. The summed E-state index contributed by atoms with van der Waals surface area (Å²) in [6, 6.07) is 1.04. The molecule has 0 amide bonds. The van der Waals surface area contributed by atoms with Crippen LogP contribution in [-0.4, -0.2) is 35.2 Å². The molecule has 0 saturated heterocycles. The number of hydrogen-bond acceptors (Lipinski definition) is 2. The number of aliphatic hydroxyl groups excluding tert-OH is 1. The van der Waals surface area contributed by atoms with E-state index in [0.29, 0.717) is 12.1 Å². The predicted molar refractivity (Wildman–Crippen MR) is 62.8 cm³/mol. The highest BCUT2D eigenvalue weighted by Crippen LogP contribution is 2.42. The SMILES string of the molecule is CC(C1CC1)N(C)C1CCC(C)(C)C1O. The molecule has 0 aromatic heterocycles. The minimum Gasteiger partial charge on any atom is -0.391 e. The first-order valence-electron chi connectivity index (χ1n) is 6.33. The quantitative estimate of drug-likeness (QED) is 0.774. The van der Waals surface area contributed by atoms with Crippen LogP contribution in [0, 0.1) is 11.3 Å². The molecule has 2 aliphatic rings. The lowest BCUT2D eigenvalue weighted by Gasteiger charge is -2.35. The molecule has 15 heavy (non-hydrogen) atoms. The summed E-state index contributed by atoms with van der Waals surface area (Å²) in [5.41, 5.74) is 0.113. The Morgan fingerprint density at radius 3 is 2.27 bits per heavy atom. The molecule has 2 saturated carbocycles. The Kier molecular flexibility index (Phi) is 2.85. The maximum Gasteiger partial charge on any atom is 0.0746 e. The zero-order chi connectivity index (χ0) is 11.2. The molecule has 0 aliphatic heterocycles. The average molecular weight is 211 g/mol. The van der Waals surface area contributed by atoms with Crippen LogP contribution >= 0.6 is 0 Å². The maximum atomic E-state index is 10.3. The van der Waals surface area contributed by atoms with E-state index in [2.05, 4.69) is 32.7 Å². The molecule has 88 valence electrons. The van der Waals surface area contributed by atoms with Gasteiger partial charge < -0.3 is 5.11 Å². The molecule has 0 spiro atoms. The minimum atomic E-state index is -0.149. The second-order valence-electron chi connectivity index (χ2n) is 6.28. The highest BCUT2D eigenvalue weighted by atomic mass is 16.3. The molecular formula is C13H25NO. The van der Waals surface area contributed by atoms with Gasteiger partial charge in [0.1, 0.15) is 0 Å². The van der Waals surface area contributed by atoms with Crippen molar-refractivity contribution in [1.82, 2.24) is 4.90 Å². The predicted octanol–water partition coefficient (Wildman–Crippen LogP) is 2.27. The smallest absolute Gasteiger partial charge is 0.0746 e. The van der Waals surface area contributed by atoms with E-state index in [-0.39, 0.29) is 11.5 Å². The van der Waals surface area contributed by atoms with Gasteiger partial charge >= 0.3 is 0 Å². The molecule has 0 aromatic carbocycles. The van der Waals surface area contributed by atoms with Crippen molar-refractivity contribution in [3.05, 3.63) is 0 Å². The van der Waals surface area contributed by atoms with Crippen LogP contribution in [0.25, 0.3) is 0 Å². The second-order valence-corrected chi connectivity index (χ2v) is 6.28. The fourth-order valence-corrected chi connectivity index (χ4v) is 2.99. The van der Waals surface area contributed by atoms with Crippen LogP contribution in [0.1, 0.15) is 46.5 Å². The fraction of sp³-hybridized carbons (Fsp3) is 1.00. The van der Waals surface area contributed by atoms with E-state index in [1.54, 1.807) is 0 Å². The number of aliphatic hydroxyl groups is 1. The topological polar surface area (TPSA) is 23.5 Å². The number of hydrogen-bond donors (Lipinski definition) is 1. The van der Waals surface area contributed by atoms with Crippen molar-refractivity contribution in [3.63, 3.8) is 0 Å². The van der Waals surface area contributed by atoms with Crippen molar-refractivity contribution in [2.75, 3.05) is 7.05 Å². The van der Waals surface area contributed by atoms with Gasteiger partial charge in [0.15, 0.2) is 0 Å². The zero-order valence-corrected chi connectivity index (χ0v) is 10.5. The van der Waals surface area contributed by atoms with E-state index >= 15 is 0 Å². The number of nitrogens with zero attached hydrogens (tertiary/aromatic N) is 1. The van der Waals surface area contributed by atoms with Crippen molar-refractivity contribution in [1.29, 1.82) is 0 Å². The first-order chi connectivity index (χ1) is 6.93. The molecule has 3 atom stereocenters. The molecule has 2 heteroatoms. The van der Waals surface area contributed by atoms with E-state index in [0.717, 1.165) is 18.8 Å². The lowest BCUT2D eigenvalue weighted by molar-refractivity contribution is 0.00881. The van der Waals surface area contributed by atoms with E-state index in [1.807, 2.05) is 0 Å². The van der Waals surface area contributed by atoms with Crippen molar-refractivity contribution < 1.29 is 5.11 Å². The van der Waals surface area contributed by atoms with Crippen LogP contribution in [0.5, 0.6) is 0 Å². The summed E-state index contributed by atoms with van der Waals surface area (Å²) < 4.78 is 0. The average Bonchev–Trinajstić information content (AvgIpc) is 2.95. The first kappa shape index (κ1) is 11.4. The van der Waals surface area contributed by atoms with Gasteiger partial charge in [0.25, 0.3) is 0 Å². The highest BCUT2D eigenvalue weighted by molar-refractivity contribution is 4.98. The van der Waals surface area contributed by atoms with Gasteiger partial charge in [0.2, 0.25) is 0 Å². The van der Waals surface area contributed by atoms with Crippen molar-refractivity contribution in [3.8, 4) is 0 Å². The van der Waals surface area contributed by atoms with Crippen LogP contribution in [0.4, 0.5) is 0 Å². The standard InChI is InChI=1S/C13H25NO/c1-9(10-5-6-10)14(4)11-7-8-13(2,3)12(11)15/h9-12,15H,5-8H2,1-4H3. The molecule has 2 fully saturated rings. The lowest BCUT2D eigenvalue weighted by Crippen LogP contribution is -2.46. The normalized spacial score (nSPS) is 37.2. The summed E-state index contributed by atoms with van der Waals surface area (Å²) in [5, 5.41) is 10.3. The molecule has 0 radical (unpaired) electrons. The van der Waals surface area contributed by atoms with Gasteiger partial charge in [-0.1, -0.05) is 13.8 Å². The van der Waals surface area contributed by atoms with Gasteiger partial charge in [-0.15, -0.1) is 0 Å². The second kappa shape index (κ2) is 3.74. The van der Waals surface area contributed by atoms with Gasteiger partial charge in [0, 0.05) is 12.1 Å². The van der Waals surface area contributed by atoms with Gasteiger partial charge in [-0.05, 0) is 51.0 Å². The maximum absolute atomic E-state index is 10.3. The Labute approximate surface area is 93.7 Å². The summed E-state index contributed by atoms with van der Waals surface area (Å²) in [6.45, 7) is 6.69. The first-order valence-corrected chi connectivity index (χ1v) is 6.33. The summed E-state index contributed by atoms with van der Waals surface area (Å²) in [4.78, 5) is 2.43. The number of likely N-dealkylation sites (N-methyl/N-ethyl adjacent to an activating group) is 1. The van der Waals surface area contributed by atoms with Crippen LogP contribution in [0.15, 0.2) is 0 Å². The van der Waals surface area contributed by atoms with Gasteiger partial charge in [-0.2, -0.15) is 0 Å². The third-order valence-electron chi connectivity index (χ3n) is 4.72. The molecule has 2 rings (SSSR count). The van der Waals surface area contributed by atoms with E-state index in [9.17, 15) is 5.11 Å². The third-order valence-corrected chi connectivity index (χ3v) is 4.72. The fourth-order valence-electron chi connectivity index (χ4n) is 2.99. The zero-order valence-electron chi connectivity index (χ0n) is 10.5. The number of rotatable bonds is 3. The van der Waals surface area contributed by atoms with Gasteiger partial charge in [-0.25, -0.2) is 0 Å². The molecule has 0 aromatic rings. The Hall–Kier alpha value is -0.0800. The third kappa shape index (κ3) is 2.07. The summed E-state index contributed by atoms with van der Waals surface area (Å²) in [6.07, 6.45) is 4.93. The molecule has 1 N–H and O–H groups in total.